The highest BCUT2D eigenvalue weighted by Gasteiger charge is 2.33. The minimum Gasteiger partial charge on any atom is -0.377 e. The number of nitriles is 1. The fourth-order valence-electron chi connectivity index (χ4n) is 1.67. The molecule has 0 bridgehead atoms. The van der Waals surface area contributed by atoms with Gasteiger partial charge in [-0.3, -0.25) is 0 Å². The van der Waals surface area contributed by atoms with E-state index in [2.05, 4.69) is 0 Å². The van der Waals surface area contributed by atoms with Gasteiger partial charge in [-0.2, -0.15) is 26.9 Å². The van der Waals surface area contributed by atoms with Crippen LogP contribution in [0.25, 0.3) is 0 Å². The van der Waals surface area contributed by atoms with Gasteiger partial charge in [0.2, 0.25) is 0 Å². The lowest BCUT2D eigenvalue weighted by atomic mass is 10.2. The second-order valence-electron chi connectivity index (χ2n) is 4.44. The van der Waals surface area contributed by atoms with Gasteiger partial charge in [0.1, 0.15) is 4.90 Å². The topological polar surface area (TPSA) is 67.2 Å². The maximum Gasteiger partial charge on any atom is 0.416 e. The molecule has 2 aromatic carbocycles. The number of benzene rings is 2. The molecule has 0 unspecified atom stereocenters. The predicted molar refractivity (Wildman–Crippen MR) is 80.4 cm³/mol. The molecule has 0 radical (unpaired) electrons. The molecular weight excluding hydrogens is 390 g/mol. The van der Waals surface area contributed by atoms with Crippen molar-refractivity contribution in [2.24, 2.45) is 0 Å². The summed E-state index contributed by atoms with van der Waals surface area (Å²) in [6.45, 7) is 0. The summed E-state index contributed by atoms with van der Waals surface area (Å²) in [4.78, 5) is -0.848. The van der Waals surface area contributed by atoms with Gasteiger partial charge in [-0.05, 0) is 36.4 Å². The monoisotopic (exact) mass is 395 g/mol. The molecule has 0 fully saturated rings. The van der Waals surface area contributed by atoms with E-state index in [1.807, 2.05) is 0 Å². The highest BCUT2D eigenvalue weighted by Crippen LogP contribution is 2.35. The number of hydrogen-bond donors (Lipinski definition) is 0. The van der Waals surface area contributed by atoms with Gasteiger partial charge >= 0.3 is 16.3 Å². The zero-order valence-electron chi connectivity index (χ0n) is 11.4. The van der Waals surface area contributed by atoms with Crippen LogP contribution in [0.4, 0.5) is 13.2 Å². The molecule has 0 N–H and O–H groups in total. The molecule has 0 saturated carbocycles. The molecular formula is C14H6Cl2F3NO3S. The first-order valence-corrected chi connectivity index (χ1v) is 8.22. The molecule has 0 aliphatic carbocycles. The number of rotatable bonds is 3. The second kappa shape index (κ2) is 6.51. The molecule has 0 aliphatic heterocycles. The van der Waals surface area contributed by atoms with Crippen molar-refractivity contribution < 1.29 is 25.8 Å². The van der Waals surface area contributed by atoms with E-state index in [0.717, 1.165) is 18.2 Å². The number of nitrogens with zero attached hydrogens (tertiary/aromatic N) is 1. The van der Waals surface area contributed by atoms with Crippen molar-refractivity contribution in [1.82, 2.24) is 0 Å². The Morgan fingerprint density at radius 2 is 1.71 bits per heavy atom. The van der Waals surface area contributed by atoms with Gasteiger partial charge in [0, 0.05) is 0 Å². The molecule has 0 spiro atoms. The Morgan fingerprint density at radius 1 is 1.04 bits per heavy atom. The van der Waals surface area contributed by atoms with Gasteiger partial charge in [0.05, 0.1) is 27.2 Å². The van der Waals surface area contributed by atoms with Gasteiger partial charge in [-0.15, -0.1) is 0 Å². The second-order valence-corrected chi connectivity index (χ2v) is 6.77. The minimum atomic E-state index is -4.75. The van der Waals surface area contributed by atoms with Crippen LogP contribution in [0.1, 0.15) is 11.1 Å². The molecule has 24 heavy (non-hydrogen) atoms. The molecule has 0 heterocycles. The summed E-state index contributed by atoms with van der Waals surface area (Å²) in [5, 5.41) is 8.08. The van der Waals surface area contributed by atoms with E-state index >= 15 is 0 Å². The molecule has 0 aliphatic rings. The maximum absolute atomic E-state index is 12.7. The van der Waals surface area contributed by atoms with Gasteiger partial charge in [0.25, 0.3) is 0 Å². The van der Waals surface area contributed by atoms with Crippen LogP contribution in [-0.2, 0) is 16.3 Å². The lowest BCUT2D eigenvalue weighted by Crippen LogP contribution is -2.13. The van der Waals surface area contributed by atoms with Crippen LogP contribution >= 0.6 is 23.2 Å². The van der Waals surface area contributed by atoms with Crippen LogP contribution in [0.2, 0.25) is 10.0 Å². The molecule has 0 aromatic heterocycles. The first-order chi connectivity index (χ1) is 11.0. The third-order valence-electron chi connectivity index (χ3n) is 2.79. The Hall–Kier alpha value is -1.95. The zero-order valence-corrected chi connectivity index (χ0v) is 13.8. The standard InChI is InChI=1S/C14H6Cl2F3NO3S/c15-10-3-2-9(14(17,18)19)6-13(10)24(21,22)23-12-4-1-8(7-20)5-11(12)16/h1-6H. The summed E-state index contributed by atoms with van der Waals surface area (Å²) in [6, 6.07) is 7.12. The van der Waals surface area contributed by atoms with Crippen molar-refractivity contribution >= 4 is 33.3 Å². The average molecular weight is 396 g/mol. The van der Waals surface area contributed by atoms with Crippen molar-refractivity contribution in [3.63, 3.8) is 0 Å². The van der Waals surface area contributed by atoms with E-state index in [4.69, 9.17) is 32.6 Å². The van der Waals surface area contributed by atoms with E-state index < -0.39 is 31.8 Å². The summed E-state index contributed by atoms with van der Waals surface area (Å²) >= 11 is 11.5. The number of hydrogen-bond acceptors (Lipinski definition) is 4. The van der Waals surface area contributed by atoms with Crippen LogP contribution < -0.4 is 4.18 Å². The SMILES string of the molecule is N#Cc1ccc(OS(=O)(=O)c2cc(C(F)(F)F)ccc2Cl)c(Cl)c1. The third kappa shape index (κ3) is 3.93. The highest BCUT2D eigenvalue weighted by molar-refractivity contribution is 7.87. The summed E-state index contributed by atoms with van der Waals surface area (Å²) in [6.07, 6.45) is -4.75. The Morgan fingerprint density at radius 3 is 2.25 bits per heavy atom. The smallest absolute Gasteiger partial charge is 0.377 e. The van der Waals surface area contributed by atoms with Crippen LogP contribution in [-0.4, -0.2) is 8.42 Å². The maximum atomic E-state index is 12.7. The molecule has 10 heteroatoms. The van der Waals surface area contributed by atoms with Crippen molar-refractivity contribution in [1.29, 1.82) is 5.26 Å². The molecule has 2 aromatic rings. The largest absolute Gasteiger partial charge is 0.416 e. The Kier molecular flexibility index (Phi) is 4.99. The fraction of sp³-hybridized carbons (Fsp3) is 0.0714. The Balaban J connectivity index is 2.47. The van der Waals surface area contributed by atoms with E-state index in [1.54, 1.807) is 6.07 Å². The molecule has 0 amide bonds. The lowest BCUT2D eigenvalue weighted by molar-refractivity contribution is -0.137. The number of halogens is 5. The zero-order chi connectivity index (χ0) is 18.1. The number of alkyl halides is 3. The van der Waals surface area contributed by atoms with E-state index in [1.165, 1.54) is 6.07 Å². The fourth-order valence-corrected chi connectivity index (χ4v) is 3.39. The lowest BCUT2D eigenvalue weighted by Gasteiger charge is -2.12. The molecule has 4 nitrogen and oxygen atoms in total. The molecule has 2 rings (SSSR count). The summed E-state index contributed by atoms with van der Waals surface area (Å²) < 4.78 is 67.4. The Bertz CT molecular complexity index is 937. The highest BCUT2D eigenvalue weighted by atomic mass is 35.5. The van der Waals surface area contributed by atoms with E-state index in [0.29, 0.717) is 12.1 Å². The third-order valence-corrected chi connectivity index (χ3v) is 4.80. The summed E-state index contributed by atoms with van der Waals surface area (Å²) in [7, 11) is -4.67. The average Bonchev–Trinajstić information content (AvgIpc) is 2.48. The summed E-state index contributed by atoms with van der Waals surface area (Å²) in [5.41, 5.74) is -1.04. The van der Waals surface area contributed by atoms with Crippen molar-refractivity contribution in [2.45, 2.75) is 11.1 Å². The Labute approximate surface area is 145 Å². The molecule has 0 saturated heterocycles. The van der Waals surface area contributed by atoms with Crippen LogP contribution in [0.3, 0.4) is 0 Å². The quantitative estimate of drug-likeness (QED) is 0.709. The van der Waals surface area contributed by atoms with Crippen molar-refractivity contribution in [3.8, 4) is 11.8 Å². The van der Waals surface area contributed by atoms with Gasteiger partial charge in [0.15, 0.2) is 5.75 Å². The van der Waals surface area contributed by atoms with Crippen LogP contribution in [0.15, 0.2) is 41.3 Å². The first-order valence-electron chi connectivity index (χ1n) is 6.05. The van der Waals surface area contributed by atoms with Crippen LogP contribution in [0, 0.1) is 11.3 Å². The minimum absolute atomic E-state index is 0.154. The molecule has 126 valence electrons. The van der Waals surface area contributed by atoms with Gasteiger partial charge in [-0.1, -0.05) is 23.2 Å². The van der Waals surface area contributed by atoms with Crippen LogP contribution in [0.5, 0.6) is 5.75 Å². The van der Waals surface area contributed by atoms with Gasteiger partial charge in [-0.25, -0.2) is 0 Å². The van der Waals surface area contributed by atoms with E-state index in [-0.39, 0.29) is 16.3 Å². The van der Waals surface area contributed by atoms with E-state index in [9.17, 15) is 21.6 Å². The normalized spacial score (nSPS) is 11.8. The first kappa shape index (κ1) is 18.4. The molecule has 0 atom stereocenters. The van der Waals surface area contributed by atoms with Crippen molar-refractivity contribution in [3.05, 3.63) is 57.6 Å². The summed E-state index contributed by atoms with van der Waals surface area (Å²) in [5.74, 6) is -0.343. The van der Waals surface area contributed by atoms with Crippen molar-refractivity contribution in [2.75, 3.05) is 0 Å². The predicted octanol–water partition coefficient (Wildman–Crippen LogP) is 4.65. The van der Waals surface area contributed by atoms with Gasteiger partial charge < -0.3 is 4.18 Å².